The SMILES string of the molecule is CC(CNC(=O)C(=O)N1CCOCC1)c1nc(C(=O)N(C)Cc2ccc(F)cc2)c(O)c(=O)[nH]1. The fourth-order valence-electron chi connectivity index (χ4n) is 3.31. The molecule has 1 fully saturated rings. The number of nitrogens with zero attached hydrogens (tertiary/aromatic N) is 3. The molecule has 1 unspecified atom stereocenters. The summed E-state index contributed by atoms with van der Waals surface area (Å²) in [6, 6.07) is 5.54. The minimum absolute atomic E-state index is 0.0400. The van der Waals surface area contributed by atoms with E-state index in [2.05, 4.69) is 15.3 Å². The van der Waals surface area contributed by atoms with Crippen LogP contribution in [0.25, 0.3) is 0 Å². The average Bonchev–Trinajstić information content (AvgIpc) is 2.84. The normalized spacial score (nSPS) is 14.4. The van der Waals surface area contributed by atoms with Crippen molar-refractivity contribution >= 4 is 17.7 Å². The van der Waals surface area contributed by atoms with Crippen LogP contribution in [0.3, 0.4) is 0 Å². The number of amides is 3. The molecular formula is C22H26FN5O6. The Hall–Kier alpha value is -3.80. The van der Waals surface area contributed by atoms with Gasteiger partial charge in [-0.25, -0.2) is 9.37 Å². The lowest BCUT2D eigenvalue weighted by Crippen LogP contribution is -2.48. The molecule has 34 heavy (non-hydrogen) atoms. The molecule has 3 N–H and O–H groups in total. The lowest BCUT2D eigenvalue weighted by molar-refractivity contribution is -0.148. The van der Waals surface area contributed by atoms with E-state index in [1.165, 1.54) is 41.1 Å². The van der Waals surface area contributed by atoms with E-state index in [0.29, 0.717) is 31.9 Å². The first-order chi connectivity index (χ1) is 16.2. The van der Waals surface area contributed by atoms with Gasteiger partial charge in [-0.1, -0.05) is 19.1 Å². The number of H-pyrrole nitrogens is 1. The Kier molecular flexibility index (Phi) is 7.95. The molecular weight excluding hydrogens is 449 g/mol. The Balaban J connectivity index is 1.68. The van der Waals surface area contributed by atoms with Gasteiger partial charge in [-0.3, -0.25) is 19.2 Å². The molecule has 1 saturated heterocycles. The summed E-state index contributed by atoms with van der Waals surface area (Å²) in [6.07, 6.45) is 0. The second-order valence-corrected chi connectivity index (χ2v) is 7.95. The third-order valence-corrected chi connectivity index (χ3v) is 5.32. The number of benzene rings is 1. The first-order valence-corrected chi connectivity index (χ1v) is 10.6. The number of hydrogen-bond acceptors (Lipinski definition) is 7. The lowest BCUT2D eigenvalue weighted by Gasteiger charge is -2.26. The van der Waals surface area contributed by atoms with Crippen LogP contribution >= 0.6 is 0 Å². The van der Waals surface area contributed by atoms with E-state index in [0.717, 1.165) is 0 Å². The number of morpholine rings is 1. The zero-order valence-electron chi connectivity index (χ0n) is 18.8. The summed E-state index contributed by atoms with van der Waals surface area (Å²) in [5, 5.41) is 12.6. The summed E-state index contributed by atoms with van der Waals surface area (Å²) in [7, 11) is 1.45. The minimum Gasteiger partial charge on any atom is -0.501 e. The van der Waals surface area contributed by atoms with Gasteiger partial charge < -0.3 is 29.9 Å². The highest BCUT2D eigenvalue weighted by Crippen LogP contribution is 2.16. The van der Waals surface area contributed by atoms with Gasteiger partial charge >= 0.3 is 11.8 Å². The molecule has 0 bridgehead atoms. The van der Waals surface area contributed by atoms with Gasteiger partial charge in [-0.05, 0) is 17.7 Å². The van der Waals surface area contributed by atoms with Gasteiger partial charge in [0.1, 0.15) is 11.6 Å². The van der Waals surface area contributed by atoms with Crippen molar-refractivity contribution in [2.24, 2.45) is 0 Å². The fraction of sp³-hybridized carbons (Fsp3) is 0.409. The first-order valence-electron chi connectivity index (χ1n) is 10.6. The largest absolute Gasteiger partial charge is 0.501 e. The molecule has 0 aliphatic carbocycles. The molecule has 1 aliphatic heterocycles. The van der Waals surface area contributed by atoms with Crippen LogP contribution in [0, 0.1) is 5.82 Å². The smallest absolute Gasteiger partial charge is 0.312 e. The van der Waals surface area contributed by atoms with Crippen LogP contribution < -0.4 is 10.9 Å². The summed E-state index contributed by atoms with van der Waals surface area (Å²) in [5.74, 6) is -3.97. The molecule has 2 heterocycles. The summed E-state index contributed by atoms with van der Waals surface area (Å²) < 4.78 is 18.3. The van der Waals surface area contributed by atoms with E-state index in [9.17, 15) is 28.7 Å². The molecule has 1 aromatic carbocycles. The quantitative estimate of drug-likeness (QED) is 0.498. The number of halogens is 1. The minimum atomic E-state index is -0.911. The molecule has 1 atom stereocenters. The summed E-state index contributed by atoms with van der Waals surface area (Å²) in [4.78, 5) is 58.6. The van der Waals surface area contributed by atoms with Crippen LogP contribution in [0.4, 0.5) is 4.39 Å². The van der Waals surface area contributed by atoms with Crippen molar-refractivity contribution in [3.8, 4) is 5.75 Å². The Morgan fingerprint density at radius 3 is 2.56 bits per heavy atom. The second kappa shape index (κ2) is 10.9. The molecule has 2 aromatic rings. The molecule has 11 nitrogen and oxygen atoms in total. The van der Waals surface area contributed by atoms with Gasteiger partial charge in [0.2, 0.25) is 5.75 Å². The highest BCUT2D eigenvalue weighted by atomic mass is 19.1. The van der Waals surface area contributed by atoms with Crippen molar-refractivity contribution in [3.63, 3.8) is 0 Å². The van der Waals surface area contributed by atoms with E-state index in [-0.39, 0.29) is 18.9 Å². The molecule has 3 amide bonds. The van der Waals surface area contributed by atoms with E-state index >= 15 is 0 Å². The van der Waals surface area contributed by atoms with Crippen molar-refractivity contribution in [1.82, 2.24) is 25.1 Å². The number of rotatable bonds is 6. The average molecular weight is 475 g/mol. The first kappa shape index (κ1) is 24.8. The number of nitrogens with one attached hydrogen (secondary N) is 2. The van der Waals surface area contributed by atoms with Gasteiger partial charge in [-0.15, -0.1) is 0 Å². The topological polar surface area (TPSA) is 145 Å². The second-order valence-electron chi connectivity index (χ2n) is 7.95. The van der Waals surface area contributed by atoms with Crippen molar-refractivity contribution < 1.29 is 28.6 Å². The number of ether oxygens (including phenoxy) is 1. The maximum absolute atomic E-state index is 13.1. The van der Waals surface area contributed by atoms with Crippen LogP contribution in [0.15, 0.2) is 29.1 Å². The number of aromatic hydroxyl groups is 1. The van der Waals surface area contributed by atoms with Crippen LogP contribution in [-0.2, 0) is 20.9 Å². The summed E-state index contributed by atoms with van der Waals surface area (Å²) >= 11 is 0. The van der Waals surface area contributed by atoms with Crippen LogP contribution in [0.5, 0.6) is 5.75 Å². The third-order valence-electron chi connectivity index (χ3n) is 5.32. The maximum Gasteiger partial charge on any atom is 0.312 e. The Morgan fingerprint density at radius 2 is 1.91 bits per heavy atom. The van der Waals surface area contributed by atoms with Gasteiger partial charge in [0, 0.05) is 39.1 Å². The van der Waals surface area contributed by atoms with Crippen LogP contribution in [0.1, 0.15) is 34.7 Å². The maximum atomic E-state index is 13.1. The zero-order chi connectivity index (χ0) is 24.8. The molecule has 1 aliphatic rings. The van der Waals surface area contributed by atoms with Gasteiger partial charge in [0.15, 0.2) is 5.69 Å². The summed E-state index contributed by atoms with van der Waals surface area (Å²) in [6.45, 7) is 3.06. The van der Waals surface area contributed by atoms with Crippen molar-refractivity contribution in [2.45, 2.75) is 19.4 Å². The van der Waals surface area contributed by atoms with Crippen molar-refractivity contribution in [2.75, 3.05) is 39.9 Å². The Labute approximate surface area is 194 Å². The zero-order valence-corrected chi connectivity index (χ0v) is 18.8. The molecule has 0 saturated carbocycles. The molecule has 182 valence electrons. The standard InChI is InChI=1S/C22H26FN5O6/c1-13(11-24-20(31)22(33)28-7-9-34-10-8-28)18-25-16(17(29)19(30)26-18)21(32)27(2)12-14-3-5-15(23)6-4-14/h3-6,13,29H,7-12H2,1-2H3,(H,24,31)(H,25,26,30). The predicted molar refractivity (Wildman–Crippen MR) is 118 cm³/mol. The van der Waals surface area contributed by atoms with Gasteiger partial charge in [0.25, 0.3) is 11.5 Å². The van der Waals surface area contributed by atoms with Crippen LogP contribution in [-0.4, -0.2) is 82.5 Å². The van der Waals surface area contributed by atoms with Crippen molar-refractivity contribution in [3.05, 3.63) is 57.5 Å². The van der Waals surface area contributed by atoms with Gasteiger partial charge in [0.05, 0.1) is 13.2 Å². The molecule has 3 rings (SSSR count). The Morgan fingerprint density at radius 1 is 1.26 bits per heavy atom. The lowest BCUT2D eigenvalue weighted by atomic mass is 10.1. The number of aromatic nitrogens is 2. The number of carbonyl (C=O) groups is 3. The number of aromatic amines is 1. The number of hydrogen-bond donors (Lipinski definition) is 3. The van der Waals surface area contributed by atoms with E-state index in [1.807, 2.05) is 0 Å². The molecule has 12 heteroatoms. The molecule has 1 aromatic heterocycles. The van der Waals surface area contributed by atoms with Crippen molar-refractivity contribution in [1.29, 1.82) is 0 Å². The highest BCUT2D eigenvalue weighted by Gasteiger charge is 2.26. The van der Waals surface area contributed by atoms with E-state index in [4.69, 9.17) is 4.74 Å². The summed E-state index contributed by atoms with van der Waals surface area (Å²) in [5.41, 5.74) is -0.722. The molecule has 0 spiro atoms. The van der Waals surface area contributed by atoms with E-state index in [1.54, 1.807) is 6.92 Å². The van der Waals surface area contributed by atoms with E-state index < -0.39 is 46.5 Å². The Bertz CT molecular complexity index is 1110. The molecule has 0 radical (unpaired) electrons. The highest BCUT2D eigenvalue weighted by molar-refractivity contribution is 6.35. The van der Waals surface area contributed by atoms with Gasteiger partial charge in [-0.2, -0.15) is 0 Å². The predicted octanol–water partition coefficient (Wildman–Crippen LogP) is -0.0347. The van der Waals surface area contributed by atoms with Crippen LogP contribution in [0.2, 0.25) is 0 Å². The monoisotopic (exact) mass is 475 g/mol. The fourth-order valence-corrected chi connectivity index (χ4v) is 3.31. The third kappa shape index (κ3) is 5.95. The number of carbonyl (C=O) groups excluding carboxylic acids is 3.